The largest absolute Gasteiger partial charge is 0.474 e. The van der Waals surface area contributed by atoms with Crippen LogP contribution in [0, 0.1) is 0 Å². The molecule has 0 aliphatic carbocycles. The molecule has 0 saturated carbocycles. The molecule has 128 valence electrons. The van der Waals surface area contributed by atoms with Crippen molar-refractivity contribution in [1.82, 2.24) is 19.5 Å². The molecule has 0 aliphatic rings. The van der Waals surface area contributed by atoms with Crippen LogP contribution in [0.15, 0.2) is 67.6 Å². The van der Waals surface area contributed by atoms with E-state index in [9.17, 15) is 9.90 Å². The molecule has 4 rings (SSSR count). The summed E-state index contributed by atoms with van der Waals surface area (Å²) in [6.07, 6.45) is 9.67. The zero-order chi connectivity index (χ0) is 17.9. The maximum absolute atomic E-state index is 12.8. The molecule has 8 nitrogen and oxygen atoms in total. The maximum atomic E-state index is 12.8. The van der Waals surface area contributed by atoms with Crippen molar-refractivity contribution in [1.29, 1.82) is 0 Å². The van der Waals surface area contributed by atoms with Crippen molar-refractivity contribution in [2.24, 2.45) is 0 Å². The molecule has 26 heavy (non-hydrogen) atoms. The van der Waals surface area contributed by atoms with Gasteiger partial charge in [0.25, 0.3) is 11.3 Å². The van der Waals surface area contributed by atoms with E-state index in [1.165, 1.54) is 6.33 Å². The highest BCUT2D eigenvalue weighted by Crippen LogP contribution is 2.21. The minimum atomic E-state index is -0.431. The molecule has 0 bridgehead atoms. The molecule has 0 unspecified atom stereocenters. The molecule has 0 aromatic carbocycles. The fourth-order valence-electron chi connectivity index (χ4n) is 2.78. The van der Waals surface area contributed by atoms with Gasteiger partial charge in [-0.2, -0.15) is 8.97 Å². The van der Waals surface area contributed by atoms with Crippen LogP contribution in [-0.4, -0.2) is 30.5 Å². The second kappa shape index (κ2) is 6.60. The minimum absolute atomic E-state index is 0.138. The van der Waals surface area contributed by atoms with E-state index in [-0.39, 0.29) is 11.6 Å². The number of nitrogens with one attached hydrogen (secondary N) is 1. The van der Waals surface area contributed by atoms with Crippen LogP contribution >= 0.6 is 0 Å². The fourth-order valence-corrected chi connectivity index (χ4v) is 2.78. The highest BCUT2D eigenvalue weighted by atomic mass is 16.3. The quantitative estimate of drug-likeness (QED) is 0.544. The number of carbonyl (C=O) groups is 1. The molecule has 0 atom stereocenters. The third-order valence-corrected chi connectivity index (χ3v) is 3.91. The third kappa shape index (κ3) is 2.84. The molecule has 0 spiro atoms. The van der Waals surface area contributed by atoms with Gasteiger partial charge in [-0.1, -0.05) is 6.07 Å². The molecule has 0 saturated heterocycles. The molecule has 8 heteroatoms. The van der Waals surface area contributed by atoms with Crippen molar-refractivity contribution >= 4 is 17.2 Å². The Morgan fingerprint density at radius 1 is 1.12 bits per heavy atom. The topological polar surface area (TPSA) is 97.0 Å². The summed E-state index contributed by atoms with van der Waals surface area (Å²) in [5.74, 6) is -0.568. The first-order valence-electron chi connectivity index (χ1n) is 7.91. The van der Waals surface area contributed by atoms with Crippen LogP contribution in [-0.2, 0) is 6.54 Å². The van der Waals surface area contributed by atoms with Gasteiger partial charge in [-0.15, -0.1) is 0 Å². The lowest BCUT2D eigenvalue weighted by Gasteiger charge is -2.01. The molecule has 4 aromatic rings. The van der Waals surface area contributed by atoms with Crippen LogP contribution in [0.2, 0.25) is 0 Å². The number of rotatable bonds is 4. The van der Waals surface area contributed by atoms with Gasteiger partial charge in [0, 0.05) is 30.2 Å². The zero-order valence-electron chi connectivity index (χ0n) is 13.6. The summed E-state index contributed by atoms with van der Waals surface area (Å²) in [5, 5.41) is 13.5. The van der Waals surface area contributed by atoms with E-state index in [2.05, 4.69) is 20.3 Å². The Morgan fingerprint density at radius 3 is 2.73 bits per heavy atom. The summed E-state index contributed by atoms with van der Waals surface area (Å²) in [5.41, 5.74) is 2.17. The standard InChI is InChI=1S/C18H14N6O2/c25-17(22-14-4-3-6-19-10-14)16-18(26)24(11-13-8-20-12-21-9-13)15-5-1-2-7-23(15)16/h1-10,12H,11H2,(H-,22,25,26)/p+1. The predicted molar refractivity (Wildman–Crippen MR) is 92.6 cm³/mol. The molecule has 1 amide bonds. The van der Waals surface area contributed by atoms with Gasteiger partial charge in [0.1, 0.15) is 12.9 Å². The SMILES string of the molecule is O=C(Nc1cccnc1)c1c(O)n(Cc2cncnc2)c2cccc[n+]12. The summed E-state index contributed by atoms with van der Waals surface area (Å²) in [4.78, 5) is 24.7. The van der Waals surface area contributed by atoms with Crippen molar-refractivity contribution in [2.45, 2.75) is 6.54 Å². The molecule has 2 N–H and O–H groups in total. The molecule has 4 aromatic heterocycles. The van der Waals surface area contributed by atoms with Crippen molar-refractivity contribution in [3.63, 3.8) is 0 Å². The number of amides is 1. The molecule has 0 radical (unpaired) electrons. The lowest BCUT2D eigenvalue weighted by Crippen LogP contribution is -2.30. The lowest BCUT2D eigenvalue weighted by atomic mass is 10.3. The number of carbonyl (C=O) groups excluding carboxylic acids is 1. The summed E-state index contributed by atoms with van der Waals surface area (Å²) >= 11 is 0. The highest BCUT2D eigenvalue weighted by Gasteiger charge is 2.30. The Balaban J connectivity index is 1.78. The first-order valence-corrected chi connectivity index (χ1v) is 7.91. The molecule has 0 fully saturated rings. The van der Waals surface area contributed by atoms with Crippen LogP contribution in [0.25, 0.3) is 5.65 Å². The maximum Gasteiger partial charge on any atom is 0.337 e. The van der Waals surface area contributed by atoms with Crippen LogP contribution in [0.4, 0.5) is 5.69 Å². The Kier molecular flexibility index (Phi) is 3.98. The predicted octanol–water partition coefficient (Wildman–Crippen LogP) is 1.42. The second-order valence-electron chi connectivity index (χ2n) is 5.63. The van der Waals surface area contributed by atoms with E-state index in [0.717, 1.165) is 5.56 Å². The number of pyridine rings is 2. The van der Waals surface area contributed by atoms with Crippen LogP contribution < -0.4 is 9.72 Å². The number of aromatic nitrogens is 5. The second-order valence-corrected chi connectivity index (χ2v) is 5.63. The number of aromatic hydroxyl groups is 1. The molecular formula is C18H15N6O2+. The fraction of sp³-hybridized carbons (Fsp3) is 0.0556. The zero-order valence-corrected chi connectivity index (χ0v) is 13.6. The van der Waals surface area contributed by atoms with E-state index in [1.54, 1.807) is 58.2 Å². The van der Waals surface area contributed by atoms with E-state index in [4.69, 9.17) is 0 Å². The number of hydrogen-bond acceptors (Lipinski definition) is 5. The summed E-state index contributed by atoms with van der Waals surface area (Å²) in [6.45, 7) is 0.334. The number of fused-ring (bicyclic) bond motifs is 1. The van der Waals surface area contributed by atoms with Crippen molar-refractivity contribution in [3.05, 3.63) is 78.9 Å². The van der Waals surface area contributed by atoms with Gasteiger partial charge in [0.2, 0.25) is 0 Å². The van der Waals surface area contributed by atoms with E-state index in [1.807, 2.05) is 12.1 Å². The molecular weight excluding hydrogens is 332 g/mol. The first-order chi connectivity index (χ1) is 12.7. The van der Waals surface area contributed by atoms with Gasteiger partial charge in [-0.25, -0.2) is 9.97 Å². The average molecular weight is 347 g/mol. The Morgan fingerprint density at radius 2 is 1.96 bits per heavy atom. The van der Waals surface area contributed by atoms with Gasteiger partial charge in [-0.05, 0) is 18.2 Å². The van der Waals surface area contributed by atoms with Gasteiger partial charge in [-0.3, -0.25) is 9.78 Å². The third-order valence-electron chi connectivity index (χ3n) is 3.91. The highest BCUT2D eigenvalue weighted by molar-refractivity contribution is 6.03. The first kappa shape index (κ1) is 15.7. The number of anilines is 1. The molecule has 4 heterocycles. The molecule has 0 aliphatic heterocycles. The van der Waals surface area contributed by atoms with Gasteiger partial charge >= 0.3 is 11.8 Å². The number of hydrogen-bond donors (Lipinski definition) is 2. The van der Waals surface area contributed by atoms with Gasteiger partial charge in [0.05, 0.1) is 18.1 Å². The van der Waals surface area contributed by atoms with Gasteiger partial charge < -0.3 is 10.4 Å². The van der Waals surface area contributed by atoms with Crippen LogP contribution in [0.1, 0.15) is 16.1 Å². The summed E-state index contributed by atoms with van der Waals surface area (Å²) < 4.78 is 3.28. The van der Waals surface area contributed by atoms with Crippen LogP contribution in [0.3, 0.4) is 0 Å². The normalized spacial score (nSPS) is 10.8. The van der Waals surface area contributed by atoms with Crippen molar-refractivity contribution < 1.29 is 14.3 Å². The number of nitrogens with zero attached hydrogens (tertiary/aromatic N) is 5. The average Bonchev–Trinajstić information content (AvgIpc) is 2.95. The number of imidazole rings is 1. The van der Waals surface area contributed by atoms with Crippen LogP contribution in [0.5, 0.6) is 5.88 Å². The Hall–Kier alpha value is -3.81. The van der Waals surface area contributed by atoms with Crippen molar-refractivity contribution in [3.8, 4) is 5.88 Å². The van der Waals surface area contributed by atoms with E-state index in [0.29, 0.717) is 17.9 Å². The minimum Gasteiger partial charge on any atom is -0.474 e. The lowest BCUT2D eigenvalue weighted by molar-refractivity contribution is -0.513. The van der Waals surface area contributed by atoms with Gasteiger partial charge in [0.15, 0.2) is 0 Å². The smallest absolute Gasteiger partial charge is 0.337 e. The monoisotopic (exact) mass is 347 g/mol. The Bertz CT molecular complexity index is 1060. The van der Waals surface area contributed by atoms with Crippen molar-refractivity contribution in [2.75, 3.05) is 5.32 Å². The van der Waals surface area contributed by atoms with E-state index < -0.39 is 5.91 Å². The summed E-state index contributed by atoms with van der Waals surface area (Å²) in [6, 6.07) is 8.91. The van der Waals surface area contributed by atoms with E-state index >= 15 is 0 Å². The summed E-state index contributed by atoms with van der Waals surface area (Å²) in [7, 11) is 0. The Labute approximate surface area is 148 Å².